The minimum Gasteiger partial charge on any atom is -0.497 e. The number of nitrogens with zero attached hydrogens (tertiary/aromatic N) is 3. The fraction of sp³-hybridized carbons (Fsp3) is 0.286. The van der Waals surface area contributed by atoms with Crippen LogP contribution >= 0.6 is 0 Å². The molecular weight excluding hydrogens is 340 g/mol. The summed E-state index contributed by atoms with van der Waals surface area (Å²) in [5.41, 5.74) is 2.55. The predicted molar refractivity (Wildman–Crippen MR) is 106 cm³/mol. The van der Waals surface area contributed by atoms with Crippen molar-refractivity contribution in [2.24, 2.45) is 0 Å². The molecule has 6 heteroatoms. The van der Waals surface area contributed by atoms with E-state index in [1.165, 1.54) is 12.8 Å². The summed E-state index contributed by atoms with van der Waals surface area (Å²) in [5.74, 6) is 1.63. The summed E-state index contributed by atoms with van der Waals surface area (Å²) in [5, 5.41) is 3.95. The zero-order valence-electron chi connectivity index (χ0n) is 15.3. The third-order valence-electron chi connectivity index (χ3n) is 4.80. The largest absolute Gasteiger partial charge is 0.497 e. The number of amides is 1. The molecule has 1 aliphatic heterocycles. The minimum atomic E-state index is -0.0674. The number of rotatable bonds is 5. The molecule has 138 valence electrons. The highest BCUT2D eigenvalue weighted by atomic mass is 16.5. The number of carbonyl (C=O) groups excluding carboxylic acids is 1. The number of aromatic nitrogens is 2. The van der Waals surface area contributed by atoms with Gasteiger partial charge in [0.05, 0.1) is 19.0 Å². The molecule has 0 spiro atoms. The molecule has 0 radical (unpaired) electrons. The van der Waals surface area contributed by atoms with Gasteiger partial charge in [0.1, 0.15) is 17.9 Å². The smallest absolute Gasteiger partial charge is 0.228 e. The van der Waals surface area contributed by atoms with Crippen molar-refractivity contribution in [3.05, 3.63) is 54.4 Å². The highest BCUT2D eigenvalue weighted by molar-refractivity contribution is 5.97. The van der Waals surface area contributed by atoms with Crippen LogP contribution < -0.4 is 15.0 Å². The first kappa shape index (κ1) is 17.3. The molecule has 0 bridgehead atoms. The summed E-state index contributed by atoms with van der Waals surface area (Å²) in [6, 6.07) is 13.3. The zero-order valence-corrected chi connectivity index (χ0v) is 15.3. The molecule has 1 fully saturated rings. The van der Waals surface area contributed by atoms with Crippen LogP contribution in [0.5, 0.6) is 5.75 Å². The number of benzene rings is 2. The van der Waals surface area contributed by atoms with E-state index in [1.807, 2.05) is 42.5 Å². The molecular formula is C21H22N4O2. The average molecular weight is 362 g/mol. The molecule has 1 aliphatic rings. The first-order valence-corrected chi connectivity index (χ1v) is 9.15. The Labute approximate surface area is 158 Å². The van der Waals surface area contributed by atoms with Gasteiger partial charge < -0.3 is 15.0 Å². The average Bonchev–Trinajstić information content (AvgIpc) is 3.22. The van der Waals surface area contributed by atoms with Gasteiger partial charge in [-0.3, -0.25) is 4.79 Å². The summed E-state index contributed by atoms with van der Waals surface area (Å²) >= 11 is 0. The molecule has 4 rings (SSSR count). The lowest BCUT2D eigenvalue weighted by Gasteiger charge is -2.18. The van der Waals surface area contributed by atoms with Crippen LogP contribution in [0, 0.1) is 0 Å². The minimum absolute atomic E-state index is 0.0674. The molecule has 3 aromatic rings. The van der Waals surface area contributed by atoms with E-state index in [4.69, 9.17) is 4.74 Å². The Hall–Kier alpha value is -3.15. The van der Waals surface area contributed by atoms with Crippen LogP contribution in [-0.4, -0.2) is 36.1 Å². The van der Waals surface area contributed by atoms with Gasteiger partial charge in [0.15, 0.2) is 0 Å². The van der Waals surface area contributed by atoms with Crippen LogP contribution in [0.25, 0.3) is 10.9 Å². The fourth-order valence-electron chi connectivity index (χ4n) is 3.47. The molecule has 2 heterocycles. The molecule has 6 nitrogen and oxygen atoms in total. The molecule has 1 saturated heterocycles. The summed E-state index contributed by atoms with van der Waals surface area (Å²) < 4.78 is 5.21. The van der Waals surface area contributed by atoms with Gasteiger partial charge in [0.25, 0.3) is 0 Å². The monoisotopic (exact) mass is 362 g/mol. The SMILES string of the molecule is COc1cccc(CC(=O)Nc2ccc3ncnc(N4CCCC4)c3c2)c1. The third-order valence-corrected chi connectivity index (χ3v) is 4.80. The standard InChI is InChI=1S/C21H22N4O2/c1-27-17-6-4-5-15(11-17)12-20(26)24-16-7-8-19-18(13-16)21(23-14-22-19)25-9-2-3-10-25/h4-8,11,13-14H,2-3,9-10,12H2,1H3,(H,24,26). The first-order chi connectivity index (χ1) is 13.2. The maximum absolute atomic E-state index is 12.5. The van der Waals surface area contributed by atoms with E-state index < -0.39 is 0 Å². The van der Waals surface area contributed by atoms with Crippen molar-refractivity contribution in [2.45, 2.75) is 19.3 Å². The van der Waals surface area contributed by atoms with Crippen molar-refractivity contribution >= 4 is 28.3 Å². The van der Waals surface area contributed by atoms with Crippen molar-refractivity contribution in [3.8, 4) is 5.75 Å². The van der Waals surface area contributed by atoms with Crippen LogP contribution in [0.3, 0.4) is 0 Å². The topological polar surface area (TPSA) is 67.3 Å². The van der Waals surface area contributed by atoms with Crippen molar-refractivity contribution in [1.82, 2.24) is 9.97 Å². The van der Waals surface area contributed by atoms with Crippen molar-refractivity contribution < 1.29 is 9.53 Å². The van der Waals surface area contributed by atoms with Crippen LogP contribution in [0.4, 0.5) is 11.5 Å². The second kappa shape index (κ2) is 7.61. The molecule has 0 saturated carbocycles. The highest BCUT2D eigenvalue weighted by Gasteiger charge is 2.17. The Kier molecular flexibility index (Phi) is 4.87. The van der Waals surface area contributed by atoms with E-state index in [1.54, 1.807) is 13.4 Å². The quantitative estimate of drug-likeness (QED) is 0.753. The number of nitrogens with one attached hydrogen (secondary N) is 1. The van der Waals surface area contributed by atoms with Crippen LogP contribution in [0.2, 0.25) is 0 Å². The molecule has 27 heavy (non-hydrogen) atoms. The Bertz CT molecular complexity index is 967. The van der Waals surface area contributed by atoms with Gasteiger partial charge in [-0.1, -0.05) is 12.1 Å². The molecule has 1 N–H and O–H groups in total. The van der Waals surface area contributed by atoms with Crippen molar-refractivity contribution in [2.75, 3.05) is 30.4 Å². The van der Waals surface area contributed by atoms with E-state index in [-0.39, 0.29) is 5.91 Å². The first-order valence-electron chi connectivity index (χ1n) is 9.15. The lowest BCUT2D eigenvalue weighted by Crippen LogP contribution is -2.19. The van der Waals surface area contributed by atoms with Gasteiger partial charge in [0.2, 0.25) is 5.91 Å². The van der Waals surface area contributed by atoms with Gasteiger partial charge in [-0.25, -0.2) is 9.97 Å². The van der Waals surface area contributed by atoms with Crippen molar-refractivity contribution in [1.29, 1.82) is 0 Å². The number of anilines is 2. The zero-order chi connectivity index (χ0) is 18.6. The highest BCUT2D eigenvalue weighted by Crippen LogP contribution is 2.28. The van der Waals surface area contributed by atoms with Crippen LogP contribution in [0.1, 0.15) is 18.4 Å². The third kappa shape index (κ3) is 3.84. The summed E-state index contributed by atoms with van der Waals surface area (Å²) in [4.78, 5) is 23.6. The van der Waals surface area contributed by atoms with Gasteiger partial charge in [-0.2, -0.15) is 0 Å². The predicted octanol–water partition coefficient (Wildman–Crippen LogP) is 3.42. The molecule has 0 unspecified atom stereocenters. The second-order valence-corrected chi connectivity index (χ2v) is 6.70. The Morgan fingerprint density at radius 1 is 1.15 bits per heavy atom. The summed E-state index contributed by atoms with van der Waals surface area (Å²) in [6.07, 6.45) is 4.27. The van der Waals surface area contributed by atoms with E-state index in [0.717, 1.165) is 46.8 Å². The molecule has 0 aliphatic carbocycles. The normalized spacial score (nSPS) is 13.7. The number of hydrogen-bond donors (Lipinski definition) is 1. The van der Waals surface area contributed by atoms with Gasteiger partial charge in [0, 0.05) is 24.2 Å². The Balaban J connectivity index is 1.54. The number of fused-ring (bicyclic) bond motifs is 1. The molecule has 1 aromatic heterocycles. The number of methoxy groups -OCH3 is 1. The maximum Gasteiger partial charge on any atom is 0.228 e. The lowest BCUT2D eigenvalue weighted by atomic mass is 10.1. The van der Waals surface area contributed by atoms with Gasteiger partial charge >= 0.3 is 0 Å². The van der Waals surface area contributed by atoms with Crippen molar-refractivity contribution in [3.63, 3.8) is 0 Å². The fourth-order valence-corrected chi connectivity index (χ4v) is 3.47. The van der Waals surface area contributed by atoms with E-state index >= 15 is 0 Å². The van der Waals surface area contributed by atoms with E-state index in [2.05, 4.69) is 20.2 Å². The number of carbonyl (C=O) groups is 1. The van der Waals surface area contributed by atoms with Gasteiger partial charge in [-0.15, -0.1) is 0 Å². The second-order valence-electron chi connectivity index (χ2n) is 6.70. The van der Waals surface area contributed by atoms with Crippen LogP contribution in [-0.2, 0) is 11.2 Å². The van der Waals surface area contributed by atoms with Crippen LogP contribution in [0.15, 0.2) is 48.8 Å². The van der Waals surface area contributed by atoms with Gasteiger partial charge in [-0.05, 0) is 48.7 Å². The number of ether oxygens (including phenoxy) is 1. The molecule has 1 amide bonds. The summed E-state index contributed by atoms with van der Waals surface area (Å²) in [6.45, 7) is 2.02. The summed E-state index contributed by atoms with van der Waals surface area (Å²) in [7, 11) is 1.62. The maximum atomic E-state index is 12.5. The Morgan fingerprint density at radius 3 is 2.81 bits per heavy atom. The Morgan fingerprint density at radius 2 is 2.00 bits per heavy atom. The molecule has 0 atom stereocenters. The lowest BCUT2D eigenvalue weighted by molar-refractivity contribution is -0.115. The van der Waals surface area contributed by atoms with E-state index in [0.29, 0.717) is 6.42 Å². The number of hydrogen-bond acceptors (Lipinski definition) is 5. The van der Waals surface area contributed by atoms with E-state index in [9.17, 15) is 4.79 Å². The molecule has 2 aromatic carbocycles.